The number of nitrogens with zero attached hydrogens (tertiary/aromatic N) is 4. The van der Waals surface area contributed by atoms with E-state index in [0.717, 1.165) is 24.0 Å². The first kappa shape index (κ1) is 26.3. The predicted octanol–water partition coefficient (Wildman–Crippen LogP) is 3.14. The largest absolute Gasteiger partial charge is 0.492 e. The van der Waals surface area contributed by atoms with Crippen molar-refractivity contribution in [3.05, 3.63) is 59.7 Å². The monoisotopic (exact) mass is 530 g/mol. The van der Waals surface area contributed by atoms with Gasteiger partial charge in [-0.1, -0.05) is 18.2 Å². The van der Waals surface area contributed by atoms with Crippen LogP contribution in [0, 0.1) is 5.92 Å². The summed E-state index contributed by atoms with van der Waals surface area (Å²) >= 11 is 0. The van der Waals surface area contributed by atoms with Gasteiger partial charge in [0, 0.05) is 65.0 Å². The quantitative estimate of drug-likeness (QED) is 0.595. The molecule has 7 nitrogen and oxygen atoms in total. The van der Waals surface area contributed by atoms with Gasteiger partial charge < -0.3 is 19.4 Å². The van der Waals surface area contributed by atoms with Crippen LogP contribution >= 0.6 is 0 Å². The van der Waals surface area contributed by atoms with E-state index < -0.39 is 17.7 Å². The van der Waals surface area contributed by atoms with Crippen LogP contribution in [0.3, 0.4) is 0 Å². The summed E-state index contributed by atoms with van der Waals surface area (Å²) in [5, 5.41) is 0. The number of halogens is 3. The SMILES string of the molecule is CC(=O)N1CCN(C(=O)[C@@H]2Cc3cc(C(F)(F)F)ccc3N3CCN(CCOc4ccccc4)C[C@@H]23)CC1. The third-order valence-electron chi connectivity index (χ3n) is 7.90. The van der Waals surface area contributed by atoms with Gasteiger partial charge in [-0.3, -0.25) is 14.5 Å². The van der Waals surface area contributed by atoms with Crippen LogP contribution in [0.5, 0.6) is 5.75 Å². The van der Waals surface area contributed by atoms with E-state index in [2.05, 4.69) is 9.80 Å². The number of carbonyl (C=O) groups is 2. The summed E-state index contributed by atoms with van der Waals surface area (Å²) in [4.78, 5) is 33.4. The molecule has 2 fully saturated rings. The average Bonchev–Trinajstić information content (AvgIpc) is 2.92. The van der Waals surface area contributed by atoms with Crippen molar-refractivity contribution in [2.75, 3.05) is 63.9 Å². The molecular weight excluding hydrogens is 497 g/mol. The van der Waals surface area contributed by atoms with Gasteiger partial charge >= 0.3 is 6.18 Å². The number of fused-ring (bicyclic) bond motifs is 3. The minimum absolute atomic E-state index is 0.0183. The average molecular weight is 531 g/mol. The third-order valence-corrected chi connectivity index (χ3v) is 7.90. The van der Waals surface area contributed by atoms with Gasteiger partial charge in [-0.25, -0.2) is 0 Å². The zero-order valence-electron chi connectivity index (χ0n) is 21.5. The Bertz CT molecular complexity index is 1150. The van der Waals surface area contributed by atoms with Crippen LogP contribution in [-0.2, 0) is 22.2 Å². The van der Waals surface area contributed by atoms with E-state index in [1.54, 1.807) is 15.9 Å². The summed E-state index contributed by atoms with van der Waals surface area (Å²) < 4.78 is 46.4. The molecule has 10 heteroatoms. The standard InChI is InChI=1S/C28H33F3N4O3/c1-20(36)33-10-12-34(13-11-33)27(37)24-18-21-17-22(28(29,30)31)7-8-25(21)35-14-9-32(19-26(24)35)15-16-38-23-5-3-2-4-6-23/h2-8,17,24,26H,9-16,18-19H2,1H3/t24-,26+/m1/s1. The van der Waals surface area contributed by atoms with Crippen molar-refractivity contribution in [1.29, 1.82) is 0 Å². The summed E-state index contributed by atoms with van der Waals surface area (Å²) in [6.07, 6.45) is -4.17. The van der Waals surface area contributed by atoms with Crippen molar-refractivity contribution >= 4 is 17.5 Å². The number of ether oxygens (including phenoxy) is 1. The van der Waals surface area contributed by atoms with E-state index in [1.807, 2.05) is 30.3 Å². The van der Waals surface area contributed by atoms with Gasteiger partial charge in [0.05, 0.1) is 17.5 Å². The predicted molar refractivity (Wildman–Crippen MR) is 137 cm³/mol. The highest BCUT2D eigenvalue weighted by atomic mass is 19.4. The van der Waals surface area contributed by atoms with Gasteiger partial charge in [0.2, 0.25) is 11.8 Å². The summed E-state index contributed by atoms with van der Waals surface area (Å²) in [5.41, 5.74) is 0.666. The van der Waals surface area contributed by atoms with Gasteiger partial charge in [0.1, 0.15) is 12.4 Å². The molecule has 0 unspecified atom stereocenters. The molecule has 0 aliphatic carbocycles. The molecule has 0 radical (unpaired) electrons. The molecule has 0 aromatic heterocycles. The molecule has 2 amide bonds. The Morgan fingerprint density at radius 1 is 0.947 bits per heavy atom. The van der Waals surface area contributed by atoms with Gasteiger partial charge in [-0.15, -0.1) is 0 Å². The number of alkyl halides is 3. The highest BCUT2D eigenvalue weighted by Crippen LogP contribution is 2.40. The first-order chi connectivity index (χ1) is 18.2. The zero-order chi connectivity index (χ0) is 26.9. The first-order valence-corrected chi connectivity index (χ1v) is 13.1. The maximum atomic E-state index is 13.8. The molecule has 38 heavy (non-hydrogen) atoms. The Kier molecular flexibility index (Phi) is 7.52. The van der Waals surface area contributed by atoms with E-state index in [9.17, 15) is 22.8 Å². The van der Waals surface area contributed by atoms with Gasteiger partial charge in [-0.2, -0.15) is 13.2 Å². The molecular formula is C28H33F3N4O3. The minimum atomic E-state index is -4.44. The number of hydrogen-bond donors (Lipinski definition) is 0. The van der Waals surface area contributed by atoms with Crippen LogP contribution in [0.25, 0.3) is 0 Å². The number of rotatable bonds is 5. The maximum absolute atomic E-state index is 13.8. The fourth-order valence-electron chi connectivity index (χ4n) is 5.83. The summed E-state index contributed by atoms with van der Waals surface area (Å²) in [6.45, 7) is 6.51. The number of benzene rings is 2. The summed E-state index contributed by atoms with van der Waals surface area (Å²) in [7, 11) is 0. The van der Waals surface area contributed by atoms with E-state index in [0.29, 0.717) is 58.0 Å². The van der Waals surface area contributed by atoms with Crippen LogP contribution in [0.1, 0.15) is 18.1 Å². The van der Waals surface area contributed by atoms with Crippen molar-refractivity contribution in [2.24, 2.45) is 5.92 Å². The molecule has 0 bridgehead atoms. The van der Waals surface area contributed by atoms with Crippen molar-refractivity contribution in [3.8, 4) is 5.75 Å². The maximum Gasteiger partial charge on any atom is 0.416 e. The molecule has 2 atom stereocenters. The molecule has 0 saturated carbocycles. The number of hydrogen-bond acceptors (Lipinski definition) is 5. The van der Waals surface area contributed by atoms with Crippen LogP contribution in [0.15, 0.2) is 48.5 Å². The highest BCUT2D eigenvalue weighted by molar-refractivity contribution is 5.83. The Morgan fingerprint density at radius 2 is 1.66 bits per heavy atom. The summed E-state index contributed by atoms with van der Waals surface area (Å²) in [6, 6.07) is 13.3. The van der Waals surface area contributed by atoms with E-state index in [1.165, 1.54) is 13.0 Å². The van der Waals surface area contributed by atoms with Gasteiger partial charge in [0.25, 0.3) is 0 Å². The second kappa shape index (κ2) is 10.8. The number of carbonyl (C=O) groups excluding carboxylic acids is 2. The van der Waals surface area contributed by atoms with E-state index in [-0.39, 0.29) is 24.3 Å². The van der Waals surface area contributed by atoms with Crippen LogP contribution in [0.4, 0.5) is 18.9 Å². The fourth-order valence-corrected chi connectivity index (χ4v) is 5.83. The molecule has 3 heterocycles. The lowest BCUT2D eigenvalue weighted by atomic mass is 9.82. The molecule has 0 N–H and O–H groups in total. The van der Waals surface area contributed by atoms with Crippen LogP contribution in [-0.4, -0.2) is 91.5 Å². The summed E-state index contributed by atoms with van der Waals surface area (Å²) in [5.74, 6) is 0.271. The molecule has 5 rings (SSSR count). The Labute approximate surface area is 220 Å². The second-order valence-corrected chi connectivity index (χ2v) is 10.2. The minimum Gasteiger partial charge on any atom is -0.492 e. The lowest BCUT2D eigenvalue weighted by Crippen LogP contribution is -2.62. The smallest absolute Gasteiger partial charge is 0.416 e. The number of piperazine rings is 2. The van der Waals surface area contributed by atoms with Gasteiger partial charge in [-0.05, 0) is 42.3 Å². The second-order valence-electron chi connectivity index (χ2n) is 10.2. The van der Waals surface area contributed by atoms with Crippen LogP contribution in [0.2, 0.25) is 0 Å². The normalized spacial score (nSPS) is 22.1. The molecule has 0 spiro atoms. The third kappa shape index (κ3) is 5.60. The van der Waals surface area contributed by atoms with Crippen molar-refractivity contribution in [1.82, 2.24) is 14.7 Å². The Balaban J connectivity index is 1.34. The molecule has 2 aromatic rings. The van der Waals surface area contributed by atoms with Gasteiger partial charge in [0.15, 0.2) is 0 Å². The van der Waals surface area contributed by atoms with Crippen molar-refractivity contribution in [3.63, 3.8) is 0 Å². The highest BCUT2D eigenvalue weighted by Gasteiger charge is 2.44. The Morgan fingerprint density at radius 3 is 2.34 bits per heavy atom. The van der Waals surface area contributed by atoms with Crippen molar-refractivity contribution < 1.29 is 27.5 Å². The molecule has 2 saturated heterocycles. The fraction of sp³-hybridized carbons (Fsp3) is 0.500. The topological polar surface area (TPSA) is 56.3 Å². The lowest BCUT2D eigenvalue weighted by Gasteiger charge is -2.50. The lowest BCUT2D eigenvalue weighted by molar-refractivity contribution is -0.142. The number of para-hydroxylation sites is 1. The number of amides is 2. The molecule has 3 aliphatic rings. The first-order valence-electron chi connectivity index (χ1n) is 13.1. The molecule has 2 aromatic carbocycles. The molecule has 3 aliphatic heterocycles. The van der Waals surface area contributed by atoms with E-state index in [4.69, 9.17) is 4.74 Å². The van der Waals surface area contributed by atoms with E-state index >= 15 is 0 Å². The number of anilines is 1. The van der Waals surface area contributed by atoms with Crippen molar-refractivity contribution in [2.45, 2.75) is 25.6 Å². The Hall–Kier alpha value is -3.27. The zero-order valence-corrected chi connectivity index (χ0v) is 21.5. The molecule has 204 valence electrons. The van der Waals surface area contributed by atoms with Crippen LogP contribution < -0.4 is 9.64 Å².